The standard InChI is InChI=1S/C14H34O4Si4.C12H20O2Si/c1-13-14(2,3)15-22(12,17-20(7,8)9)18-21(10,11)16-19(4,5)6;1-9-11(3,4)13-15(7,8)14-12(5,6)10-2/h1H,2-12H3;1-2H,3-8H3. The van der Waals surface area contributed by atoms with Crippen LogP contribution in [-0.2, 0) is 25.6 Å². The fourth-order valence-electron chi connectivity index (χ4n) is 3.63. The van der Waals surface area contributed by atoms with Gasteiger partial charge in [0.15, 0.2) is 16.6 Å². The topological polar surface area (TPSA) is 55.4 Å². The molecule has 0 aliphatic rings. The van der Waals surface area contributed by atoms with Crippen molar-refractivity contribution < 1.29 is 25.6 Å². The molecule has 0 rings (SSSR count). The lowest BCUT2D eigenvalue weighted by Gasteiger charge is -2.42. The number of terminal acetylenes is 3. The summed E-state index contributed by atoms with van der Waals surface area (Å²) < 4.78 is 36.8. The molecule has 1 unspecified atom stereocenters. The summed E-state index contributed by atoms with van der Waals surface area (Å²) in [5.74, 6) is 7.83. The second-order valence-electron chi connectivity index (χ2n) is 13.5. The lowest BCUT2D eigenvalue weighted by atomic mass is 10.2. The summed E-state index contributed by atoms with van der Waals surface area (Å²) in [6.45, 7) is 33.9. The maximum Gasteiger partial charge on any atom is 0.479 e. The van der Waals surface area contributed by atoms with E-state index in [2.05, 4.69) is 70.1 Å². The minimum absolute atomic E-state index is 0.611. The van der Waals surface area contributed by atoms with E-state index in [0.717, 1.165) is 0 Å². The minimum atomic E-state index is -2.90. The summed E-state index contributed by atoms with van der Waals surface area (Å²) in [6.07, 6.45) is 16.3. The van der Waals surface area contributed by atoms with Crippen LogP contribution in [0.15, 0.2) is 0 Å². The normalized spacial score (nSPS) is 15.4. The maximum atomic E-state index is 6.40. The van der Waals surface area contributed by atoms with Gasteiger partial charge >= 0.3 is 25.9 Å². The third-order valence-corrected chi connectivity index (χ3v) is 18.6. The van der Waals surface area contributed by atoms with Gasteiger partial charge in [0.2, 0.25) is 0 Å². The van der Waals surface area contributed by atoms with Gasteiger partial charge in [-0.1, -0.05) is 17.8 Å². The van der Waals surface area contributed by atoms with Gasteiger partial charge in [-0.2, -0.15) is 0 Å². The number of rotatable bonds is 12. The van der Waals surface area contributed by atoms with Crippen LogP contribution in [0.25, 0.3) is 0 Å². The average Bonchev–Trinajstić information content (AvgIpc) is 2.54. The summed E-state index contributed by atoms with van der Waals surface area (Å²) in [6, 6.07) is 0. The van der Waals surface area contributed by atoms with Crippen molar-refractivity contribution in [1.29, 1.82) is 0 Å². The van der Waals surface area contributed by atoms with Gasteiger partial charge in [-0.25, -0.2) is 0 Å². The lowest BCUT2D eigenvalue weighted by molar-refractivity contribution is 0.0551. The van der Waals surface area contributed by atoms with Crippen molar-refractivity contribution in [1.82, 2.24) is 0 Å². The Morgan fingerprint density at radius 3 is 1.00 bits per heavy atom. The Morgan fingerprint density at radius 1 is 0.432 bits per heavy atom. The summed E-state index contributed by atoms with van der Waals surface area (Å²) in [4.78, 5) is 0. The Labute approximate surface area is 235 Å². The van der Waals surface area contributed by atoms with Gasteiger partial charge in [-0.05, 0) is 107 Å². The molecule has 0 fully saturated rings. The van der Waals surface area contributed by atoms with Gasteiger partial charge in [0.25, 0.3) is 0 Å². The molecule has 1 atom stereocenters. The molecule has 0 bridgehead atoms. The smallest absolute Gasteiger partial charge is 0.437 e. The minimum Gasteiger partial charge on any atom is -0.437 e. The molecule has 0 aromatic heterocycles. The molecule has 0 N–H and O–H groups in total. The molecule has 0 aliphatic carbocycles. The Morgan fingerprint density at radius 2 is 0.730 bits per heavy atom. The van der Waals surface area contributed by atoms with Crippen molar-refractivity contribution in [2.24, 2.45) is 0 Å². The van der Waals surface area contributed by atoms with Crippen molar-refractivity contribution >= 4 is 42.6 Å². The summed E-state index contributed by atoms with van der Waals surface area (Å²) in [7, 11) is -11.1. The predicted molar refractivity (Wildman–Crippen MR) is 169 cm³/mol. The highest BCUT2D eigenvalue weighted by atomic mass is 28.5. The Balaban J connectivity index is 0. The highest BCUT2D eigenvalue weighted by Gasteiger charge is 2.49. The molecule has 0 radical (unpaired) electrons. The summed E-state index contributed by atoms with van der Waals surface area (Å²) >= 11 is 0. The van der Waals surface area contributed by atoms with Gasteiger partial charge in [-0.3, -0.25) is 0 Å². The van der Waals surface area contributed by atoms with Gasteiger partial charge in [-0.15, -0.1) is 19.3 Å². The van der Waals surface area contributed by atoms with Gasteiger partial charge in [0.1, 0.15) is 16.8 Å². The maximum absolute atomic E-state index is 6.40. The van der Waals surface area contributed by atoms with Crippen molar-refractivity contribution in [3.8, 4) is 37.0 Å². The third-order valence-electron chi connectivity index (χ3n) is 3.96. The Kier molecular flexibility index (Phi) is 13.9. The molecule has 0 heterocycles. The van der Waals surface area contributed by atoms with Crippen LogP contribution in [-0.4, -0.2) is 59.4 Å². The molecule has 0 aromatic rings. The van der Waals surface area contributed by atoms with Crippen LogP contribution < -0.4 is 0 Å². The molecular weight excluding hydrogens is 549 g/mol. The highest BCUT2D eigenvalue weighted by Crippen LogP contribution is 2.28. The second kappa shape index (κ2) is 13.3. The van der Waals surface area contributed by atoms with E-state index in [1.165, 1.54) is 0 Å². The first-order chi connectivity index (χ1) is 15.9. The molecule has 0 saturated carbocycles. The van der Waals surface area contributed by atoms with E-state index in [4.69, 9.17) is 44.9 Å². The first-order valence-electron chi connectivity index (χ1n) is 12.6. The molecule has 6 nitrogen and oxygen atoms in total. The van der Waals surface area contributed by atoms with E-state index in [1.807, 2.05) is 61.2 Å². The van der Waals surface area contributed by atoms with Crippen LogP contribution in [0.4, 0.5) is 0 Å². The summed E-state index contributed by atoms with van der Waals surface area (Å²) in [5, 5.41) is 0. The molecule has 0 aromatic carbocycles. The molecule has 11 heteroatoms. The SMILES string of the molecule is C#CC(C)(C)O[Si](C)(C)OC(C)(C)C#C.C#CC(C)(C)O[Si](C)(O[Si](C)(C)C)O[Si](C)(C)O[Si](C)(C)C. The first-order valence-corrected chi connectivity index (χ1v) is 27.2. The van der Waals surface area contributed by atoms with E-state index < -0.39 is 59.4 Å². The van der Waals surface area contributed by atoms with Crippen molar-refractivity contribution in [2.75, 3.05) is 0 Å². The quantitative estimate of drug-likeness (QED) is 0.178. The van der Waals surface area contributed by atoms with Crippen LogP contribution in [0, 0.1) is 37.0 Å². The molecule has 0 aliphatic heterocycles. The zero-order valence-corrected chi connectivity index (χ0v) is 31.7. The highest BCUT2D eigenvalue weighted by molar-refractivity contribution is 6.87. The van der Waals surface area contributed by atoms with Gasteiger partial charge in [0, 0.05) is 6.55 Å². The monoisotopic (exact) mass is 602 g/mol. The van der Waals surface area contributed by atoms with E-state index >= 15 is 0 Å². The van der Waals surface area contributed by atoms with Crippen LogP contribution in [0.3, 0.4) is 0 Å². The zero-order valence-electron chi connectivity index (χ0n) is 26.7. The molecule has 0 spiro atoms. The van der Waals surface area contributed by atoms with E-state index in [1.54, 1.807) is 0 Å². The first kappa shape index (κ1) is 38.7. The van der Waals surface area contributed by atoms with Crippen LogP contribution >= 0.6 is 0 Å². The van der Waals surface area contributed by atoms with Gasteiger partial charge in [0.05, 0.1) is 0 Å². The Bertz CT molecular complexity index is 834. The number of hydrogen-bond donors (Lipinski definition) is 0. The largest absolute Gasteiger partial charge is 0.479 e. The van der Waals surface area contributed by atoms with E-state index in [9.17, 15) is 0 Å². The van der Waals surface area contributed by atoms with Crippen LogP contribution in [0.1, 0.15) is 41.5 Å². The van der Waals surface area contributed by atoms with Crippen molar-refractivity contribution in [3.63, 3.8) is 0 Å². The molecular formula is C26H54O6Si5. The van der Waals surface area contributed by atoms with E-state index in [-0.39, 0.29) is 0 Å². The molecule has 0 amide bonds. The summed E-state index contributed by atoms with van der Waals surface area (Å²) in [5.41, 5.74) is -1.94. The average molecular weight is 603 g/mol. The predicted octanol–water partition coefficient (Wildman–Crippen LogP) is 6.95. The fraction of sp³-hybridized carbons (Fsp3) is 0.769. The molecule has 37 heavy (non-hydrogen) atoms. The van der Waals surface area contributed by atoms with Crippen LogP contribution in [0.5, 0.6) is 0 Å². The molecule has 0 saturated heterocycles. The van der Waals surface area contributed by atoms with E-state index in [0.29, 0.717) is 0 Å². The molecule has 214 valence electrons. The second-order valence-corrected chi connectivity index (χ2v) is 32.3. The van der Waals surface area contributed by atoms with Gasteiger partial charge < -0.3 is 25.6 Å². The number of hydrogen-bond acceptors (Lipinski definition) is 6. The zero-order chi connectivity index (χ0) is 30.4. The van der Waals surface area contributed by atoms with Crippen molar-refractivity contribution in [2.45, 2.75) is 130 Å². The fourth-order valence-corrected chi connectivity index (χ4v) is 22.6. The lowest BCUT2D eigenvalue weighted by Crippen LogP contribution is -2.60. The Hall–Kier alpha value is -0.476. The van der Waals surface area contributed by atoms with Crippen LogP contribution in [0.2, 0.25) is 72.0 Å². The van der Waals surface area contributed by atoms with Crippen molar-refractivity contribution in [3.05, 3.63) is 0 Å². The third kappa shape index (κ3) is 20.1.